The van der Waals surface area contributed by atoms with Gasteiger partial charge < -0.3 is 34.0 Å². The van der Waals surface area contributed by atoms with Gasteiger partial charge in [-0.3, -0.25) is 9.59 Å². The maximum atomic E-state index is 14.9. The van der Waals surface area contributed by atoms with E-state index in [1.54, 1.807) is 23.0 Å². The molecule has 10 nitrogen and oxygen atoms in total. The van der Waals surface area contributed by atoms with Crippen molar-refractivity contribution in [2.24, 2.45) is 5.92 Å². The number of ether oxygens (including phenoxy) is 3. The average molecular weight is 674 g/mol. The van der Waals surface area contributed by atoms with Crippen molar-refractivity contribution in [2.75, 3.05) is 49.8 Å². The molecule has 0 spiro atoms. The molecule has 11 heteroatoms. The molecule has 3 aromatic carbocycles. The molecule has 1 saturated heterocycles. The number of likely N-dealkylation sites (tertiary alicyclic amines) is 1. The molecule has 1 N–H and O–H groups in total. The molecule has 2 heterocycles. The molecule has 49 heavy (non-hydrogen) atoms. The van der Waals surface area contributed by atoms with Crippen LogP contribution in [0.25, 0.3) is 11.1 Å². The van der Waals surface area contributed by atoms with E-state index in [2.05, 4.69) is 0 Å². The lowest BCUT2D eigenvalue weighted by Gasteiger charge is -2.41. The van der Waals surface area contributed by atoms with Crippen molar-refractivity contribution in [1.82, 2.24) is 4.90 Å². The molecule has 0 bridgehead atoms. The second-order valence-corrected chi connectivity index (χ2v) is 14.0. The Morgan fingerprint density at radius 1 is 1.06 bits per heavy atom. The van der Waals surface area contributed by atoms with Gasteiger partial charge in [0.1, 0.15) is 22.9 Å². The van der Waals surface area contributed by atoms with Crippen LogP contribution in [0.2, 0.25) is 0 Å². The van der Waals surface area contributed by atoms with Crippen LogP contribution >= 0.6 is 0 Å². The van der Waals surface area contributed by atoms with Gasteiger partial charge in [-0.1, -0.05) is 24.3 Å². The van der Waals surface area contributed by atoms with Crippen molar-refractivity contribution in [3.63, 3.8) is 0 Å². The van der Waals surface area contributed by atoms with E-state index in [9.17, 15) is 23.9 Å². The Balaban J connectivity index is 1.36. The number of nitrogens with zero attached hydrogens (tertiary/aromatic N) is 3. The highest BCUT2D eigenvalue weighted by molar-refractivity contribution is 6.01. The largest absolute Gasteiger partial charge is 0.508 e. The lowest BCUT2D eigenvalue weighted by Crippen LogP contribution is -2.51. The predicted molar refractivity (Wildman–Crippen MR) is 183 cm³/mol. The topological polar surface area (TPSA) is 109 Å². The highest BCUT2D eigenvalue weighted by Crippen LogP contribution is 2.43. The van der Waals surface area contributed by atoms with Gasteiger partial charge >= 0.3 is 6.09 Å². The number of carbonyl (C=O) groups excluding carboxylic acids is 3. The Morgan fingerprint density at radius 2 is 1.86 bits per heavy atom. The molecule has 3 aliphatic rings. The summed E-state index contributed by atoms with van der Waals surface area (Å²) in [4.78, 5) is 46.3. The highest BCUT2D eigenvalue weighted by atomic mass is 19.1. The molecule has 1 saturated carbocycles. The van der Waals surface area contributed by atoms with Gasteiger partial charge in [0.05, 0.1) is 11.6 Å². The quantitative estimate of drug-likeness (QED) is 0.259. The van der Waals surface area contributed by atoms with Crippen LogP contribution in [0.3, 0.4) is 0 Å². The van der Waals surface area contributed by atoms with Crippen molar-refractivity contribution in [2.45, 2.75) is 64.0 Å². The zero-order valence-electron chi connectivity index (χ0n) is 28.5. The zero-order chi connectivity index (χ0) is 34.9. The number of hydrogen-bond donors (Lipinski definition) is 1. The van der Waals surface area contributed by atoms with E-state index in [0.717, 1.165) is 24.5 Å². The SMILES string of the molecule is COCCCN1C(=O)COc2ccc(N(C(=O)[C@H]3CN(C(=O)OC(C)(C)C)CC[C@@H]3c3cccc(-c4ccc(O)cc4F)c3)C3CC3)cc21. The van der Waals surface area contributed by atoms with E-state index >= 15 is 0 Å². The number of hydrogen-bond acceptors (Lipinski definition) is 7. The van der Waals surface area contributed by atoms with Crippen LogP contribution in [-0.2, 0) is 19.1 Å². The zero-order valence-corrected chi connectivity index (χ0v) is 28.5. The summed E-state index contributed by atoms with van der Waals surface area (Å²) in [5.74, 6) is -1.32. The van der Waals surface area contributed by atoms with Crippen molar-refractivity contribution in [3.8, 4) is 22.6 Å². The van der Waals surface area contributed by atoms with Crippen LogP contribution in [0.5, 0.6) is 11.5 Å². The number of methoxy groups -OCH3 is 1. The third-order valence-corrected chi connectivity index (χ3v) is 9.20. The molecule has 3 aromatic rings. The number of fused-ring (bicyclic) bond motifs is 1. The van der Waals surface area contributed by atoms with Gasteiger partial charge in [-0.05, 0) is 93.8 Å². The summed E-state index contributed by atoms with van der Waals surface area (Å²) in [5.41, 5.74) is 2.40. The molecule has 0 aromatic heterocycles. The van der Waals surface area contributed by atoms with Crippen LogP contribution in [0, 0.1) is 11.7 Å². The summed E-state index contributed by atoms with van der Waals surface area (Å²) in [6.45, 7) is 6.88. The van der Waals surface area contributed by atoms with Crippen molar-refractivity contribution < 1.29 is 38.1 Å². The minimum absolute atomic E-state index is 0.0253. The van der Waals surface area contributed by atoms with Crippen molar-refractivity contribution in [1.29, 1.82) is 0 Å². The van der Waals surface area contributed by atoms with E-state index < -0.39 is 23.4 Å². The van der Waals surface area contributed by atoms with Crippen LogP contribution < -0.4 is 14.5 Å². The number of phenols is 1. The van der Waals surface area contributed by atoms with Crippen LogP contribution in [-0.4, -0.2) is 79.5 Å². The maximum absolute atomic E-state index is 14.9. The Labute approximate surface area is 286 Å². The van der Waals surface area contributed by atoms with E-state index in [1.165, 1.54) is 12.1 Å². The number of halogens is 1. The van der Waals surface area contributed by atoms with E-state index in [1.807, 2.05) is 62.1 Å². The number of aromatic hydroxyl groups is 1. The first-order chi connectivity index (χ1) is 23.4. The third-order valence-electron chi connectivity index (χ3n) is 9.20. The molecular formula is C38H44FN3O7. The first-order valence-electron chi connectivity index (χ1n) is 16.9. The van der Waals surface area contributed by atoms with Crippen LogP contribution in [0.15, 0.2) is 60.7 Å². The normalized spacial score (nSPS) is 19.2. The fourth-order valence-corrected chi connectivity index (χ4v) is 6.75. The number of benzene rings is 3. The summed E-state index contributed by atoms with van der Waals surface area (Å²) in [6.07, 6.45) is 2.33. The molecule has 2 aliphatic heterocycles. The molecular weight excluding hydrogens is 629 g/mol. The Kier molecular flexibility index (Phi) is 9.83. The van der Waals surface area contributed by atoms with Gasteiger partial charge in [0.15, 0.2) is 6.61 Å². The summed E-state index contributed by atoms with van der Waals surface area (Å²) >= 11 is 0. The summed E-state index contributed by atoms with van der Waals surface area (Å²) in [5, 5.41) is 9.76. The predicted octanol–water partition coefficient (Wildman–Crippen LogP) is 6.50. The Morgan fingerprint density at radius 3 is 2.57 bits per heavy atom. The standard InChI is InChI=1S/C38H44FN3O7/c1-38(2,3)49-37(46)40-17-15-29(24-7-5-8-25(19-24)30-13-12-28(43)21-32(30)39)31(22-40)36(45)42(26-9-10-26)27-11-14-34-33(20-27)41(16-6-18-47-4)35(44)23-48-34/h5,7-8,11-14,19-21,26,29,31,43H,6,9-10,15-18,22-23H2,1-4H3/t29-,31+/m1/s1. The lowest BCUT2D eigenvalue weighted by molar-refractivity contribution is -0.124. The Hall–Kier alpha value is -4.64. The first kappa shape index (κ1) is 34.2. The summed E-state index contributed by atoms with van der Waals surface area (Å²) in [6, 6.07) is 17.0. The second-order valence-electron chi connectivity index (χ2n) is 14.0. The second kappa shape index (κ2) is 14.1. The molecule has 260 valence electrons. The number of piperidine rings is 1. The summed E-state index contributed by atoms with van der Waals surface area (Å²) in [7, 11) is 1.62. The molecule has 0 radical (unpaired) electrons. The number of carbonyl (C=O) groups is 3. The fourth-order valence-electron chi connectivity index (χ4n) is 6.75. The average Bonchev–Trinajstić information content (AvgIpc) is 3.90. The van der Waals surface area contributed by atoms with Gasteiger partial charge in [-0.25, -0.2) is 9.18 Å². The molecule has 6 rings (SSSR count). The number of rotatable bonds is 9. The fraction of sp³-hybridized carbons (Fsp3) is 0.447. The number of amides is 3. The van der Waals surface area contributed by atoms with Crippen LogP contribution in [0.4, 0.5) is 20.6 Å². The number of anilines is 2. The molecule has 1 aliphatic carbocycles. The monoisotopic (exact) mass is 673 g/mol. The minimum atomic E-state index is -0.701. The maximum Gasteiger partial charge on any atom is 0.410 e. The number of phenolic OH excluding ortho intramolecular Hbond substituents is 1. The Bertz CT molecular complexity index is 1720. The van der Waals surface area contributed by atoms with Gasteiger partial charge in [0.25, 0.3) is 5.91 Å². The van der Waals surface area contributed by atoms with Gasteiger partial charge in [0.2, 0.25) is 5.91 Å². The molecule has 2 fully saturated rings. The van der Waals surface area contributed by atoms with Crippen LogP contribution in [0.1, 0.15) is 57.9 Å². The van der Waals surface area contributed by atoms with E-state index in [0.29, 0.717) is 60.8 Å². The van der Waals surface area contributed by atoms with E-state index in [-0.39, 0.29) is 42.7 Å². The van der Waals surface area contributed by atoms with Gasteiger partial charge in [-0.15, -0.1) is 0 Å². The third kappa shape index (κ3) is 7.67. The van der Waals surface area contributed by atoms with Gasteiger partial charge in [0, 0.05) is 56.7 Å². The molecule has 0 unspecified atom stereocenters. The van der Waals surface area contributed by atoms with Crippen molar-refractivity contribution >= 4 is 29.3 Å². The lowest BCUT2D eigenvalue weighted by atomic mass is 9.78. The van der Waals surface area contributed by atoms with Gasteiger partial charge in [-0.2, -0.15) is 0 Å². The highest BCUT2D eigenvalue weighted by Gasteiger charge is 2.44. The first-order valence-corrected chi connectivity index (χ1v) is 16.9. The van der Waals surface area contributed by atoms with E-state index in [4.69, 9.17) is 14.2 Å². The smallest absolute Gasteiger partial charge is 0.410 e. The summed E-state index contributed by atoms with van der Waals surface area (Å²) < 4.78 is 31.6. The van der Waals surface area contributed by atoms with Crippen molar-refractivity contribution in [3.05, 3.63) is 72.0 Å². The molecule has 2 atom stereocenters. The molecule has 3 amide bonds. The minimum Gasteiger partial charge on any atom is -0.508 e.